The molecule has 0 saturated heterocycles. The molecular weight excluding hydrogens is 211 g/mol. The highest BCUT2D eigenvalue weighted by molar-refractivity contribution is 5.78. The van der Waals surface area contributed by atoms with E-state index < -0.39 is 17.8 Å². The summed E-state index contributed by atoms with van der Waals surface area (Å²) in [6, 6.07) is 5.00. The van der Waals surface area contributed by atoms with E-state index in [0.29, 0.717) is 12.2 Å². The van der Waals surface area contributed by atoms with Crippen LogP contribution in [0.15, 0.2) is 24.3 Å². The van der Waals surface area contributed by atoms with Crippen LogP contribution in [0.1, 0.15) is 6.92 Å². The first-order valence-corrected chi connectivity index (χ1v) is 5.05. The fraction of sp³-hybridized carbons (Fsp3) is 0.364. The molecule has 0 fully saturated rings. The number of carboxylic acids is 1. The molecule has 4 nitrogen and oxygen atoms in total. The summed E-state index contributed by atoms with van der Waals surface area (Å²) in [7, 11) is 0. The lowest BCUT2D eigenvalue weighted by molar-refractivity contribution is -0.138. The molecule has 0 radical (unpaired) electrons. The van der Waals surface area contributed by atoms with Gasteiger partial charge in [-0.15, -0.1) is 0 Å². The number of hydrogen-bond donors (Lipinski definition) is 2. The molecule has 0 saturated carbocycles. The minimum absolute atomic E-state index is 0.0142. The lowest BCUT2D eigenvalue weighted by atomic mass is 10.2. The van der Waals surface area contributed by atoms with Crippen LogP contribution in [0.2, 0.25) is 0 Å². The molecule has 1 rings (SSSR count). The zero-order chi connectivity index (χ0) is 12.1. The van der Waals surface area contributed by atoms with E-state index in [0.717, 1.165) is 0 Å². The minimum Gasteiger partial charge on any atom is -0.480 e. The lowest BCUT2D eigenvalue weighted by Gasteiger charge is -2.28. The molecule has 88 valence electrons. The number of nitrogens with zero attached hydrogens (tertiary/aromatic N) is 1. The van der Waals surface area contributed by atoms with Gasteiger partial charge in [0.1, 0.15) is 11.9 Å². The van der Waals surface area contributed by atoms with Gasteiger partial charge in [0.15, 0.2) is 0 Å². The Morgan fingerprint density at radius 3 is 2.75 bits per heavy atom. The van der Waals surface area contributed by atoms with Crippen LogP contribution in [0.5, 0.6) is 0 Å². The smallest absolute Gasteiger partial charge is 0.327 e. The molecule has 3 N–H and O–H groups in total. The maximum absolute atomic E-state index is 13.0. The number of rotatable bonds is 5. The largest absolute Gasteiger partial charge is 0.480 e. The van der Waals surface area contributed by atoms with Gasteiger partial charge in [-0.05, 0) is 25.1 Å². The summed E-state index contributed by atoms with van der Waals surface area (Å²) in [5.74, 6) is -1.40. The van der Waals surface area contributed by atoms with E-state index in [-0.39, 0.29) is 6.54 Å². The van der Waals surface area contributed by atoms with Gasteiger partial charge in [0.2, 0.25) is 0 Å². The van der Waals surface area contributed by atoms with Crippen LogP contribution in [0.3, 0.4) is 0 Å². The summed E-state index contributed by atoms with van der Waals surface area (Å²) < 4.78 is 13.0. The van der Waals surface area contributed by atoms with E-state index in [2.05, 4.69) is 0 Å². The van der Waals surface area contributed by atoms with Crippen molar-refractivity contribution in [3.63, 3.8) is 0 Å². The highest BCUT2D eigenvalue weighted by Crippen LogP contribution is 2.17. The van der Waals surface area contributed by atoms with E-state index >= 15 is 0 Å². The first-order chi connectivity index (χ1) is 7.60. The Labute approximate surface area is 93.5 Å². The van der Waals surface area contributed by atoms with Crippen molar-refractivity contribution >= 4 is 11.7 Å². The van der Waals surface area contributed by atoms with E-state index in [1.54, 1.807) is 24.0 Å². The fourth-order valence-electron chi connectivity index (χ4n) is 1.60. The van der Waals surface area contributed by atoms with E-state index in [1.165, 1.54) is 12.1 Å². The van der Waals surface area contributed by atoms with Crippen molar-refractivity contribution in [2.45, 2.75) is 13.0 Å². The number of aliphatic carboxylic acids is 1. The molecule has 0 spiro atoms. The summed E-state index contributed by atoms with van der Waals surface area (Å²) in [6.45, 7) is 2.24. The normalized spacial score (nSPS) is 12.2. The lowest BCUT2D eigenvalue weighted by Crippen LogP contribution is -2.46. The van der Waals surface area contributed by atoms with Gasteiger partial charge < -0.3 is 15.7 Å². The summed E-state index contributed by atoms with van der Waals surface area (Å²) in [6.07, 6.45) is 0. The first kappa shape index (κ1) is 12.4. The van der Waals surface area contributed by atoms with E-state index in [4.69, 9.17) is 10.8 Å². The van der Waals surface area contributed by atoms with Crippen LogP contribution in [0.25, 0.3) is 0 Å². The van der Waals surface area contributed by atoms with Crippen LogP contribution in [0, 0.1) is 5.82 Å². The Morgan fingerprint density at radius 2 is 2.31 bits per heavy atom. The van der Waals surface area contributed by atoms with Gasteiger partial charge in [-0.3, -0.25) is 0 Å². The topological polar surface area (TPSA) is 66.6 Å². The van der Waals surface area contributed by atoms with Gasteiger partial charge in [0, 0.05) is 18.8 Å². The highest BCUT2D eigenvalue weighted by Gasteiger charge is 2.23. The molecule has 0 aliphatic rings. The molecule has 0 bridgehead atoms. The average molecular weight is 226 g/mol. The molecular formula is C11H15FN2O2. The molecule has 1 aromatic rings. The van der Waals surface area contributed by atoms with Crippen molar-refractivity contribution in [1.29, 1.82) is 0 Å². The van der Waals surface area contributed by atoms with Gasteiger partial charge in [-0.25, -0.2) is 9.18 Å². The first-order valence-electron chi connectivity index (χ1n) is 5.05. The van der Waals surface area contributed by atoms with E-state index in [1.807, 2.05) is 0 Å². The SMILES string of the molecule is CCN(c1cccc(F)c1)C(CN)C(=O)O. The Kier molecular flexibility index (Phi) is 4.25. The zero-order valence-corrected chi connectivity index (χ0v) is 9.06. The van der Waals surface area contributed by atoms with Crippen molar-refractivity contribution in [3.8, 4) is 0 Å². The van der Waals surface area contributed by atoms with Crippen LogP contribution in [0.4, 0.5) is 10.1 Å². The van der Waals surface area contributed by atoms with Crippen molar-refractivity contribution in [2.75, 3.05) is 18.0 Å². The van der Waals surface area contributed by atoms with Gasteiger partial charge in [-0.1, -0.05) is 6.07 Å². The summed E-state index contributed by atoms with van der Waals surface area (Å²) in [4.78, 5) is 12.5. The van der Waals surface area contributed by atoms with Crippen LogP contribution < -0.4 is 10.6 Å². The molecule has 0 heterocycles. The molecule has 1 atom stereocenters. The van der Waals surface area contributed by atoms with Crippen molar-refractivity contribution in [2.24, 2.45) is 5.73 Å². The quantitative estimate of drug-likeness (QED) is 0.788. The molecule has 16 heavy (non-hydrogen) atoms. The van der Waals surface area contributed by atoms with Crippen LogP contribution in [-0.2, 0) is 4.79 Å². The number of carboxylic acid groups (broad SMARTS) is 1. The molecule has 1 unspecified atom stereocenters. The Morgan fingerprint density at radius 1 is 1.62 bits per heavy atom. The predicted octanol–water partition coefficient (Wildman–Crippen LogP) is 1.06. The van der Waals surface area contributed by atoms with Crippen LogP contribution in [-0.4, -0.2) is 30.2 Å². The maximum atomic E-state index is 13.0. The van der Waals surface area contributed by atoms with Gasteiger partial charge in [0.25, 0.3) is 0 Å². The molecule has 0 aliphatic carbocycles. The van der Waals surface area contributed by atoms with Gasteiger partial charge in [-0.2, -0.15) is 0 Å². The minimum atomic E-state index is -1.01. The second kappa shape index (κ2) is 5.46. The average Bonchev–Trinajstić information content (AvgIpc) is 2.25. The number of anilines is 1. The number of benzene rings is 1. The highest BCUT2D eigenvalue weighted by atomic mass is 19.1. The van der Waals surface area contributed by atoms with E-state index in [9.17, 15) is 9.18 Å². The second-order valence-corrected chi connectivity index (χ2v) is 3.36. The third kappa shape index (κ3) is 2.70. The Bertz CT molecular complexity index is 371. The van der Waals surface area contributed by atoms with Gasteiger partial charge in [0.05, 0.1) is 0 Å². The van der Waals surface area contributed by atoms with Gasteiger partial charge >= 0.3 is 5.97 Å². The number of halogens is 1. The molecule has 0 aromatic heterocycles. The third-order valence-electron chi connectivity index (χ3n) is 2.37. The fourth-order valence-corrected chi connectivity index (χ4v) is 1.60. The predicted molar refractivity (Wildman–Crippen MR) is 59.9 cm³/mol. The summed E-state index contributed by atoms with van der Waals surface area (Å²) in [5.41, 5.74) is 5.94. The summed E-state index contributed by atoms with van der Waals surface area (Å²) in [5, 5.41) is 8.99. The molecule has 0 amide bonds. The Balaban J connectivity index is 3.01. The van der Waals surface area contributed by atoms with Crippen molar-refractivity contribution in [3.05, 3.63) is 30.1 Å². The number of hydrogen-bond acceptors (Lipinski definition) is 3. The third-order valence-corrected chi connectivity index (χ3v) is 2.37. The molecule has 5 heteroatoms. The number of carbonyl (C=O) groups is 1. The molecule has 0 aliphatic heterocycles. The van der Waals surface area contributed by atoms with Crippen molar-refractivity contribution in [1.82, 2.24) is 0 Å². The zero-order valence-electron chi connectivity index (χ0n) is 9.06. The standard InChI is InChI=1S/C11H15FN2O2/c1-2-14(10(7-13)11(15)16)9-5-3-4-8(12)6-9/h3-6,10H,2,7,13H2,1H3,(H,15,16). The van der Waals surface area contributed by atoms with Crippen molar-refractivity contribution < 1.29 is 14.3 Å². The monoisotopic (exact) mass is 226 g/mol. The molecule has 1 aromatic carbocycles. The summed E-state index contributed by atoms with van der Waals surface area (Å²) >= 11 is 0. The second-order valence-electron chi connectivity index (χ2n) is 3.36. The number of likely N-dealkylation sites (N-methyl/N-ethyl adjacent to an activating group) is 1. The van der Waals surface area contributed by atoms with Crippen LogP contribution >= 0.6 is 0 Å². The maximum Gasteiger partial charge on any atom is 0.327 e. The number of nitrogens with two attached hydrogens (primary N) is 1. The Hall–Kier alpha value is -1.62.